The zero-order valence-electron chi connectivity index (χ0n) is 12.3. The van der Waals surface area contributed by atoms with Gasteiger partial charge in [-0.15, -0.1) is 11.3 Å². The van der Waals surface area contributed by atoms with Crippen LogP contribution in [-0.2, 0) is 0 Å². The van der Waals surface area contributed by atoms with E-state index in [-0.39, 0.29) is 11.9 Å². The summed E-state index contributed by atoms with van der Waals surface area (Å²) in [6.45, 7) is 3.93. The maximum Gasteiger partial charge on any atom is 0.195 e. The Balaban J connectivity index is 2.15. The maximum atomic E-state index is 11.9. The van der Waals surface area contributed by atoms with Gasteiger partial charge in [-0.1, -0.05) is 18.2 Å². The van der Waals surface area contributed by atoms with Crippen LogP contribution >= 0.6 is 11.3 Å². The highest BCUT2D eigenvalue weighted by atomic mass is 32.1. The van der Waals surface area contributed by atoms with Gasteiger partial charge in [0.15, 0.2) is 17.3 Å². The Bertz CT molecular complexity index is 627. The van der Waals surface area contributed by atoms with Crippen LogP contribution in [0.5, 0.6) is 11.5 Å². The minimum absolute atomic E-state index is 0.00599. The van der Waals surface area contributed by atoms with Crippen molar-refractivity contribution in [3.8, 4) is 11.5 Å². The molecular weight excluding hydrogens is 284 g/mol. The Morgan fingerprint density at radius 1 is 1.24 bits per heavy atom. The molecule has 0 unspecified atom stereocenters. The van der Waals surface area contributed by atoms with Crippen molar-refractivity contribution in [2.24, 2.45) is 0 Å². The van der Waals surface area contributed by atoms with Crippen LogP contribution in [0.4, 0.5) is 0 Å². The first-order chi connectivity index (χ1) is 10.1. The molecule has 1 heterocycles. The number of benzene rings is 1. The van der Waals surface area contributed by atoms with Gasteiger partial charge in [0.2, 0.25) is 0 Å². The third kappa shape index (κ3) is 4.20. The van der Waals surface area contributed by atoms with Gasteiger partial charge in [-0.25, -0.2) is 0 Å². The summed E-state index contributed by atoms with van der Waals surface area (Å²) >= 11 is 1.44. The fourth-order valence-corrected chi connectivity index (χ4v) is 2.46. The second kappa shape index (κ2) is 7.09. The number of carbonyl (C=O) groups is 1. The van der Waals surface area contributed by atoms with E-state index in [2.05, 4.69) is 0 Å². The molecule has 2 aromatic rings. The van der Waals surface area contributed by atoms with Crippen LogP contribution in [0.1, 0.15) is 29.1 Å². The van der Waals surface area contributed by atoms with Crippen molar-refractivity contribution in [1.82, 2.24) is 0 Å². The van der Waals surface area contributed by atoms with Crippen molar-refractivity contribution in [2.45, 2.75) is 20.0 Å². The Morgan fingerprint density at radius 2 is 2.05 bits per heavy atom. The molecule has 0 aliphatic rings. The maximum absolute atomic E-state index is 11.9. The first kappa shape index (κ1) is 15.3. The topological polar surface area (TPSA) is 35.5 Å². The average Bonchev–Trinajstić information content (AvgIpc) is 2.99. The summed E-state index contributed by atoms with van der Waals surface area (Å²) in [5, 5.41) is 1.89. The van der Waals surface area contributed by atoms with E-state index in [9.17, 15) is 4.79 Å². The number of methoxy groups -OCH3 is 1. The van der Waals surface area contributed by atoms with Crippen molar-refractivity contribution in [2.75, 3.05) is 7.11 Å². The van der Waals surface area contributed by atoms with Crippen LogP contribution in [0.3, 0.4) is 0 Å². The molecule has 0 N–H and O–H groups in total. The molecule has 2 rings (SSSR count). The summed E-state index contributed by atoms with van der Waals surface area (Å²) in [6, 6.07) is 9.30. The van der Waals surface area contributed by atoms with Crippen molar-refractivity contribution >= 4 is 23.2 Å². The Morgan fingerprint density at radius 3 is 2.67 bits per heavy atom. The van der Waals surface area contributed by atoms with Crippen LogP contribution in [-0.4, -0.2) is 19.0 Å². The van der Waals surface area contributed by atoms with Crippen molar-refractivity contribution in [3.05, 3.63) is 52.2 Å². The van der Waals surface area contributed by atoms with Crippen molar-refractivity contribution in [3.63, 3.8) is 0 Å². The number of rotatable bonds is 6. The lowest BCUT2D eigenvalue weighted by Gasteiger charge is -2.13. The molecule has 1 aromatic heterocycles. The lowest BCUT2D eigenvalue weighted by atomic mass is 10.1. The normalized spacial score (nSPS) is 11.0. The van der Waals surface area contributed by atoms with Crippen LogP contribution in [0, 0.1) is 0 Å². The first-order valence-electron chi connectivity index (χ1n) is 6.70. The summed E-state index contributed by atoms with van der Waals surface area (Å²) in [6.07, 6.45) is 3.44. The van der Waals surface area contributed by atoms with Crippen molar-refractivity contribution < 1.29 is 14.3 Å². The molecule has 0 spiro atoms. The summed E-state index contributed by atoms with van der Waals surface area (Å²) in [7, 11) is 1.60. The smallest absolute Gasteiger partial charge is 0.195 e. The molecule has 1 aromatic carbocycles. The Kier molecular flexibility index (Phi) is 5.17. The molecular formula is C17H18O3S. The minimum atomic E-state index is 0.00599. The summed E-state index contributed by atoms with van der Waals surface area (Å²) in [4.78, 5) is 12.6. The summed E-state index contributed by atoms with van der Waals surface area (Å²) in [5.41, 5.74) is 0.896. The standard InChI is InChI=1S/C17H18O3S/c1-12(2)20-15-9-7-13(11-16(15)19-3)6-8-14(18)17-5-4-10-21-17/h4-12H,1-3H3/b8-6+. The second-order valence-electron chi connectivity index (χ2n) is 4.75. The lowest BCUT2D eigenvalue weighted by molar-refractivity contribution is 0.105. The largest absolute Gasteiger partial charge is 0.493 e. The first-order valence-corrected chi connectivity index (χ1v) is 7.58. The average molecular weight is 302 g/mol. The molecule has 110 valence electrons. The molecule has 0 aliphatic carbocycles. The van der Waals surface area contributed by atoms with Crippen LogP contribution in [0.2, 0.25) is 0 Å². The van der Waals surface area contributed by atoms with Gasteiger partial charge in [0.05, 0.1) is 18.1 Å². The highest BCUT2D eigenvalue weighted by Gasteiger charge is 2.07. The highest BCUT2D eigenvalue weighted by molar-refractivity contribution is 7.12. The summed E-state index contributed by atoms with van der Waals surface area (Å²) in [5.74, 6) is 1.37. The van der Waals surface area contributed by atoms with Gasteiger partial charge in [-0.05, 0) is 49.1 Å². The molecule has 0 aliphatic heterocycles. The van der Waals surface area contributed by atoms with Crippen molar-refractivity contribution in [1.29, 1.82) is 0 Å². The number of hydrogen-bond donors (Lipinski definition) is 0. The van der Waals surface area contributed by atoms with Crippen LogP contribution in [0.15, 0.2) is 41.8 Å². The third-order valence-corrected chi connectivity index (χ3v) is 3.63. The predicted molar refractivity (Wildman–Crippen MR) is 86.4 cm³/mol. The molecule has 0 amide bonds. The third-order valence-electron chi connectivity index (χ3n) is 2.74. The molecule has 21 heavy (non-hydrogen) atoms. The predicted octanol–water partition coefficient (Wildman–Crippen LogP) is 4.44. The Hall–Kier alpha value is -2.07. The van der Waals surface area contributed by atoms with Gasteiger partial charge >= 0.3 is 0 Å². The number of thiophene rings is 1. The van der Waals surface area contributed by atoms with Crippen LogP contribution in [0.25, 0.3) is 6.08 Å². The molecule has 0 radical (unpaired) electrons. The zero-order valence-corrected chi connectivity index (χ0v) is 13.1. The molecule has 4 heteroatoms. The van der Waals surface area contributed by atoms with Gasteiger partial charge in [-0.2, -0.15) is 0 Å². The van der Waals surface area contributed by atoms with E-state index in [0.717, 1.165) is 10.4 Å². The van der Waals surface area contributed by atoms with Gasteiger partial charge in [0.25, 0.3) is 0 Å². The van der Waals surface area contributed by atoms with E-state index in [1.165, 1.54) is 11.3 Å². The Labute approximate surface area is 128 Å². The van der Waals surface area contributed by atoms with E-state index in [1.807, 2.05) is 49.6 Å². The number of allylic oxidation sites excluding steroid dienone is 1. The lowest BCUT2D eigenvalue weighted by Crippen LogP contribution is -2.06. The molecule has 0 saturated carbocycles. The number of ether oxygens (including phenoxy) is 2. The van der Waals surface area contributed by atoms with E-state index in [1.54, 1.807) is 19.3 Å². The van der Waals surface area contributed by atoms with Gasteiger partial charge in [0.1, 0.15) is 0 Å². The molecule has 0 fully saturated rings. The monoisotopic (exact) mass is 302 g/mol. The fraction of sp³-hybridized carbons (Fsp3) is 0.235. The van der Waals surface area contributed by atoms with E-state index in [0.29, 0.717) is 11.5 Å². The molecule has 0 bridgehead atoms. The number of hydrogen-bond acceptors (Lipinski definition) is 4. The van der Waals surface area contributed by atoms with E-state index in [4.69, 9.17) is 9.47 Å². The van der Waals surface area contributed by atoms with Gasteiger partial charge in [0, 0.05) is 0 Å². The molecule has 0 atom stereocenters. The number of carbonyl (C=O) groups excluding carboxylic acids is 1. The van der Waals surface area contributed by atoms with Crippen LogP contribution < -0.4 is 9.47 Å². The van der Waals surface area contributed by atoms with Gasteiger partial charge < -0.3 is 9.47 Å². The summed E-state index contributed by atoms with van der Waals surface area (Å²) < 4.78 is 11.0. The quantitative estimate of drug-likeness (QED) is 0.584. The zero-order chi connectivity index (χ0) is 15.2. The fourth-order valence-electron chi connectivity index (χ4n) is 1.81. The molecule has 0 saturated heterocycles. The second-order valence-corrected chi connectivity index (χ2v) is 5.70. The van der Waals surface area contributed by atoms with E-state index >= 15 is 0 Å². The minimum Gasteiger partial charge on any atom is -0.493 e. The highest BCUT2D eigenvalue weighted by Crippen LogP contribution is 2.29. The van der Waals surface area contributed by atoms with Gasteiger partial charge in [-0.3, -0.25) is 4.79 Å². The SMILES string of the molecule is COc1cc(/C=C/C(=O)c2cccs2)ccc1OC(C)C. The molecule has 3 nitrogen and oxygen atoms in total. The van der Waals surface area contributed by atoms with E-state index < -0.39 is 0 Å². The number of ketones is 1.